The van der Waals surface area contributed by atoms with Gasteiger partial charge in [-0.15, -0.1) is 0 Å². The SMILES string of the molecule is O=c1[nH]c(=O)n(Cc2cc(F)cc(Br)c2)cc1F. The molecule has 0 saturated heterocycles. The van der Waals surface area contributed by atoms with Crippen molar-refractivity contribution >= 4 is 15.9 Å². The molecule has 1 aromatic carbocycles. The summed E-state index contributed by atoms with van der Waals surface area (Å²) < 4.78 is 27.6. The van der Waals surface area contributed by atoms with Gasteiger partial charge in [0.1, 0.15) is 5.82 Å². The maximum Gasteiger partial charge on any atom is 0.328 e. The molecule has 0 aliphatic rings. The standard InChI is InChI=1S/C11H7BrF2N2O2/c12-7-1-6(2-8(13)3-7)4-16-5-9(14)10(17)15-11(16)18/h1-3,5H,4H2,(H,15,17,18). The highest BCUT2D eigenvalue weighted by Crippen LogP contribution is 2.15. The van der Waals surface area contributed by atoms with Crippen molar-refractivity contribution in [2.24, 2.45) is 0 Å². The number of nitrogens with zero attached hydrogens (tertiary/aromatic N) is 1. The molecule has 0 fully saturated rings. The average molecular weight is 317 g/mol. The third kappa shape index (κ3) is 2.73. The Morgan fingerprint density at radius 2 is 1.94 bits per heavy atom. The highest BCUT2D eigenvalue weighted by Gasteiger charge is 2.05. The van der Waals surface area contributed by atoms with E-state index in [-0.39, 0.29) is 6.54 Å². The Balaban J connectivity index is 2.43. The van der Waals surface area contributed by atoms with Crippen molar-refractivity contribution in [2.75, 3.05) is 0 Å². The number of hydrogen-bond acceptors (Lipinski definition) is 2. The van der Waals surface area contributed by atoms with Gasteiger partial charge >= 0.3 is 5.69 Å². The largest absolute Gasteiger partial charge is 0.328 e. The van der Waals surface area contributed by atoms with Crippen LogP contribution in [0, 0.1) is 11.6 Å². The molecular weight excluding hydrogens is 310 g/mol. The zero-order chi connectivity index (χ0) is 13.3. The highest BCUT2D eigenvalue weighted by atomic mass is 79.9. The van der Waals surface area contributed by atoms with Crippen LogP contribution in [0.4, 0.5) is 8.78 Å². The van der Waals surface area contributed by atoms with E-state index >= 15 is 0 Å². The topological polar surface area (TPSA) is 54.9 Å². The number of nitrogens with one attached hydrogen (secondary N) is 1. The Hall–Kier alpha value is -1.76. The first kappa shape index (κ1) is 12.7. The first-order chi connectivity index (χ1) is 8.45. The van der Waals surface area contributed by atoms with Gasteiger partial charge < -0.3 is 0 Å². The normalized spacial score (nSPS) is 10.6. The van der Waals surface area contributed by atoms with Crippen molar-refractivity contribution in [3.63, 3.8) is 0 Å². The fourth-order valence-corrected chi connectivity index (χ4v) is 2.01. The lowest BCUT2D eigenvalue weighted by molar-refractivity contribution is 0.564. The lowest BCUT2D eigenvalue weighted by Crippen LogP contribution is -2.31. The lowest BCUT2D eigenvalue weighted by Gasteiger charge is -2.06. The zero-order valence-electron chi connectivity index (χ0n) is 8.91. The zero-order valence-corrected chi connectivity index (χ0v) is 10.5. The predicted octanol–water partition coefficient (Wildman–Crippen LogP) is 1.63. The van der Waals surface area contributed by atoms with Gasteiger partial charge in [0.05, 0.1) is 12.7 Å². The van der Waals surface area contributed by atoms with Gasteiger partial charge in [0.15, 0.2) is 0 Å². The quantitative estimate of drug-likeness (QED) is 0.915. The van der Waals surface area contributed by atoms with E-state index in [2.05, 4.69) is 15.9 Å². The van der Waals surface area contributed by atoms with E-state index in [1.807, 2.05) is 4.98 Å². The lowest BCUT2D eigenvalue weighted by atomic mass is 10.2. The molecular formula is C11H7BrF2N2O2. The third-order valence-corrected chi connectivity index (χ3v) is 2.70. The highest BCUT2D eigenvalue weighted by molar-refractivity contribution is 9.10. The second-order valence-corrected chi connectivity index (χ2v) is 4.56. The molecule has 0 aliphatic carbocycles. The van der Waals surface area contributed by atoms with Gasteiger partial charge in [-0.3, -0.25) is 14.3 Å². The summed E-state index contributed by atoms with van der Waals surface area (Å²) in [5.74, 6) is -1.54. The molecule has 4 nitrogen and oxygen atoms in total. The van der Waals surface area contributed by atoms with Gasteiger partial charge in [-0.2, -0.15) is 4.39 Å². The molecule has 94 valence electrons. The first-order valence-electron chi connectivity index (χ1n) is 4.90. The molecule has 0 unspecified atom stereocenters. The summed E-state index contributed by atoms with van der Waals surface area (Å²) in [5, 5.41) is 0. The van der Waals surface area contributed by atoms with Crippen molar-refractivity contribution in [1.29, 1.82) is 0 Å². The van der Waals surface area contributed by atoms with Crippen molar-refractivity contribution < 1.29 is 8.78 Å². The Bertz CT molecular complexity index is 689. The van der Waals surface area contributed by atoms with Crippen LogP contribution in [0.2, 0.25) is 0 Å². The van der Waals surface area contributed by atoms with Crippen molar-refractivity contribution in [2.45, 2.75) is 6.54 Å². The number of aromatic amines is 1. The number of aromatic nitrogens is 2. The van der Waals surface area contributed by atoms with E-state index in [9.17, 15) is 18.4 Å². The summed E-state index contributed by atoms with van der Waals surface area (Å²) in [7, 11) is 0. The molecule has 0 aliphatic heterocycles. The molecule has 1 aromatic heterocycles. The summed E-state index contributed by atoms with van der Waals surface area (Å²) in [4.78, 5) is 24.1. The van der Waals surface area contributed by atoms with Crippen LogP contribution in [-0.4, -0.2) is 9.55 Å². The van der Waals surface area contributed by atoms with Gasteiger partial charge in [-0.25, -0.2) is 9.18 Å². The van der Waals surface area contributed by atoms with Crippen molar-refractivity contribution in [3.8, 4) is 0 Å². The Kier molecular flexibility index (Phi) is 3.42. The molecule has 1 N–H and O–H groups in total. The van der Waals surface area contributed by atoms with Gasteiger partial charge in [0, 0.05) is 4.47 Å². The first-order valence-corrected chi connectivity index (χ1v) is 5.69. The van der Waals surface area contributed by atoms with Gasteiger partial charge in [0.2, 0.25) is 5.82 Å². The van der Waals surface area contributed by atoms with Gasteiger partial charge in [-0.05, 0) is 23.8 Å². The fourth-order valence-electron chi connectivity index (χ4n) is 1.50. The molecule has 0 bridgehead atoms. The molecule has 1 heterocycles. The van der Waals surface area contributed by atoms with E-state index < -0.39 is 22.9 Å². The number of rotatable bonds is 2. The minimum atomic E-state index is -1.07. The Morgan fingerprint density at radius 3 is 2.61 bits per heavy atom. The van der Waals surface area contributed by atoms with E-state index in [0.717, 1.165) is 10.8 Å². The van der Waals surface area contributed by atoms with Crippen LogP contribution in [0.5, 0.6) is 0 Å². The van der Waals surface area contributed by atoms with Crippen LogP contribution in [0.3, 0.4) is 0 Å². The van der Waals surface area contributed by atoms with E-state index in [4.69, 9.17) is 0 Å². The molecule has 0 saturated carbocycles. The fraction of sp³-hybridized carbons (Fsp3) is 0.0909. The minimum absolute atomic E-state index is 0.0388. The van der Waals surface area contributed by atoms with Crippen molar-refractivity contribution in [3.05, 3.63) is 66.9 Å². The minimum Gasteiger partial charge on any atom is -0.293 e. The number of hydrogen-bond donors (Lipinski definition) is 1. The molecule has 0 atom stereocenters. The second kappa shape index (κ2) is 4.85. The summed E-state index contributed by atoms with van der Waals surface area (Å²) in [6.07, 6.45) is 0.792. The average Bonchev–Trinajstić information content (AvgIpc) is 2.24. The van der Waals surface area contributed by atoms with E-state index in [1.165, 1.54) is 12.1 Å². The molecule has 18 heavy (non-hydrogen) atoms. The van der Waals surface area contributed by atoms with Crippen LogP contribution < -0.4 is 11.2 Å². The Labute approximate surface area is 108 Å². The molecule has 2 aromatic rings. The number of benzene rings is 1. The summed E-state index contributed by atoms with van der Waals surface area (Å²) >= 11 is 3.11. The van der Waals surface area contributed by atoms with Gasteiger partial charge in [0.25, 0.3) is 5.56 Å². The smallest absolute Gasteiger partial charge is 0.293 e. The predicted molar refractivity (Wildman–Crippen MR) is 64.5 cm³/mol. The van der Waals surface area contributed by atoms with E-state index in [0.29, 0.717) is 10.0 Å². The maximum atomic E-state index is 13.1. The Morgan fingerprint density at radius 1 is 1.22 bits per heavy atom. The third-order valence-electron chi connectivity index (χ3n) is 2.24. The van der Waals surface area contributed by atoms with Gasteiger partial charge in [-0.1, -0.05) is 15.9 Å². The number of H-pyrrole nitrogens is 1. The van der Waals surface area contributed by atoms with Crippen LogP contribution in [0.15, 0.2) is 38.5 Å². The molecule has 0 spiro atoms. The maximum absolute atomic E-state index is 13.1. The van der Waals surface area contributed by atoms with Crippen LogP contribution in [0.25, 0.3) is 0 Å². The molecule has 2 rings (SSSR count). The van der Waals surface area contributed by atoms with Crippen LogP contribution in [-0.2, 0) is 6.54 Å². The summed E-state index contributed by atoms with van der Waals surface area (Å²) in [6.45, 7) is -0.0388. The molecule has 0 amide bonds. The van der Waals surface area contributed by atoms with Crippen LogP contribution in [0.1, 0.15) is 5.56 Å². The monoisotopic (exact) mass is 316 g/mol. The van der Waals surface area contributed by atoms with Crippen molar-refractivity contribution in [1.82, 2.24) is 9.55 Å². The number of halogens is 3. The van der Waals surface area contributed by atoms with Crippen LogP contribution >= 0.6 is 15.9 Å². The summed E-state index contributed by atoms with van der Waals surface area (Å²) in [5.41, 5.74) is -1.35. The molecule has 0 radical (unpaired) electrons. The molecule has 7 heteroatoms. The second-order valence-electron chi connectivity index (χ2n) is 3.64. The van der Waals surface area contributed by atoms with E-state index in [1.54, 1.807) is 6.07 Å². The summed E-state index contributed by atoms with van der Waals surface area (Å²) in [6, 6.07) is 4.08.